The van der Waals surface area contributed by atoms with Crippen molar-refractivity contribution in [2.24, 2.45) is 0 Å². The van der Waals surface area contributed by atoms with Crippen LogP contribution in [0.25, 0.3) is 76.9 Å². The van der Waals surface area contributed by atoms with Gasteiger partial charge in [0.1, 0.15) is 0 Å². The third-order valence-electron chi connectivity index (χ3n) is 9.85. The van der Waals surface area contributed by atoms with E-state index in [1.807, 2.05) is 13.0 Å². The van der Waals surface area contributed by atoms with Gasteiger partial charge in [0.2, 0.25) is 0 Å². The summed E-state index contributed by atoms with van der Waals surface area (Å²) in [6, 6.07) is 63.0. The lowest BCUT2D eigenvalue weighted by Crippen LogP contribution is -1.94. The van der Waals surface area contributed by atoms with Crippen LogP contribution in [0.3, 0.4) is 0 Å². The highest BCUT2D eigenvalue weighted by atomic mass is 15.0. The van der Waals surface area contributed by atoms with E-state index >= 15 is 0 Å². The molecule has 0 unspecified atom stereocenters. The Morgan fingerprint density at radius 3 is 1.78 bits per heavy atom. The summed E-state index contributed by atoms with van der Waals surface area (Å²) in [7, 11) is 0. The van der Waals surface area contributed by atoms with Crippen LogP contribution in [0.1, 0.15) is 18.1 Å². The fraction of sp³-hybridized carbons (Fsp3) is 0.0400. The van der Waals surface area contributed by atoms with E-state index in [2.05, 4.69) is 200 Å². The summed E-state index contributed by atoms with van der Waals surface area (Å²) in [5, 5.41) is 7.69. The maximum absolute atomic E-state index is 4.11. The van der Waals surface area contributed by atoms with Crippen molar-refractivity contribution in [1.82, 2.24) is 4.57 Å². The number of hydrogen-bond donors (Lipinski definition) is 0. The van der Waals surface area contributed by atoms with Crippen molar-refractivity contribution in [3.05, 3.63) is 206 Å². The standard InChI is InChI=1S/C34H23N.C16H16/c1-3-9-24(10-4-1)25-15-17-26(18-16-25)27-19-21-30-28(23-27)20-22-32-31-13-7-8-14-33(31)35(34(30)32)29-11-5-2-6-12-29;1-4-7-12(2)15-11-10-13(3)14-8-5-6-9-16(14)15/h1-23H;4-11H,2H2,1,3H3/b;7-4-. The molecule has 0 N–H and O–H groups in total. The molecule has 0 radical (unpaired) electrons. The van der Waals surface area contributed by atoms with Gasteiger partial charge in [-0.1, -0.05) is 170 Å². The highest BCUT2D eigenvalue weighted by molar-refractivity contribution is 6.19. The molecule has 51 heavy (non-hydrogen) atoms. The number of para-hydroxylation sites is 2. The van der Waals surface area contributed by atoms with E-state index in [1.165, 1.54) is 82.4 Å². The Labute approximate surface area is 300 Å². The molecule has 0 spiro atoms. The van der Waals surface area contributed by atoms with Crippen molar-refractivity contribution < 1.29 is 0 Å². The minimum Gasteiger partial charge on any atom is -0.309 e. The molecule has 9 aromatic rings. The molecule has 0 aliphatic rings. The Bertz CT molecular complexity index is 2690. The molecule has 0 saturated carbocycles. The van der Waals surface area contributed by atoms with Gasteiger partial charge in [-0.15, -0.1) is 0 Å². The van der Waals surface area contributed by atoms with Crippen LogP contribution in [0.4, 0.5) is 0 Å². The average Bonchev–Trinajstić information content (AvgIpc) is 3.54. The number of benzene rings is 8. The first-order valence-corrected chi connectivity index (χ1v) is 17.6. The molecule has 1 heterocycles. The van der Waals surface area contributed by atoms with Crippen molar-refractivity contribution in [1.29, 1.82) is 0 Å². The second-order valence-electron chi connectivity index (χ2n) is 13.0. The summed E-state index contributed by atoms with van der Waals surface area (Å²) in [4.78, 5) is 0. The zero-order valence-electron chi connectivity index (χ0n) is 29.1. The fourth-order valence-electron chi connectivity index (χ4n) is 7.32. The molecule has 0 amide bonds. The Morgan fingerprint density at radius 2 is 1.06 bits per heavy atom. The molecule has 0 fully saturated rings. The molecular formula is C50H39N. The normalized spacial score (nSPS) is 11.3. The smallest absolute Gasteiger partial charge is 0.0619 e. The monoisotopic (exact) mass is 653 g/mol. The molecule has 1 nitrogen and oxygen atoms in total. The van der Waals surface area contributed by atoms with Crippen LogP contribution in [0.5, 0.6) is 0 Å². The van der Waals surface area contributed by atoms with Crippen LogP contribution in [0.15, 0.2) is 195 Å². The first-order valence-electron chi connectivity index (χ1n) is 17.6. The lowest BCUT2D eigenvalue weighted by molar-refractivity contribution is 1.19. The van der Waals surface area contributed by atoms with Crippen molar-refractivity contribution in [3.63, 3.8) is 0 Å². The number of fused-ring (bicyclic) bond motifs is 6. The topological polar surface area (TPSA) is 4.93 Å². The van der Waals surface area contributed by atoms with E-state index in [0.29, 0.717) is 0 Å². The van der Waals surface area contributed by atoms with Crippen LogP contribution < -0.4 is 0 Å². The predicted molar refractivity (Wildman–Crippen MR) is 222 cm³/mol. The van der Waals surface area contributed by atoms with Crippen LogP contribution in [0, 0.1) is 6.92 Å². The first kappa shape index (κ1) is 31.8. The Kier molecular flexibility index (Phi) is 8.62. The Hall–Kier alpha value is -6.44. The quantitative estimate of drug-likeness (QED) is 0.163. The average molecular weight is 654 g/mol. The van der Waals surface area contributed by atoms with Crippen molar-refractivity contribution in [2.75, 3.05) is 0 Å². The van der Waals surface area contributed by atoms with Gasteiger partial charge < -0.3 is 4.57 Å². The maximum atomic E-state index is 4.11. The van der Waals surface area contributed by atoms with Gasteiger partial charge in [0.25, 0.3) is 0 Å². The number of rotatable bonds is 5. The summed E-state index contributed by atoms with van der Waals surface area (Å²) in [5.41, 5.74) is 12.2. The molecule has 0 bridgehead atoms. The molecule has 0 saturated heterocycles. The Morgan fingerprint density at radius 1 is 0.490 bits per heavy atom. The van der Waals surface area contributed by atoms with Crippen LogP contribution >= 0.6 is 0 Å². The van der Waals surface area contributed by atoms with E-state index < -0.39 is 0 Å². The number of aromatic nitrogens is 1. The zero-order valence-corrected chi connectivity index (χ0v) is 29.1. The first-order chi connectivity index (χ1) is 25.1. The third kappa shape index (κ3) is 6.05. The van der Waals surface area contributed by atoms with Crippen LogP contribution in [-0.2, 0) is 0 Å². The van der Waals surface area contributed by atoms with E-state index in [-0.39, 0.29) is 0 Å². The molecule has 0 atom stereocenters. The Balaban J connectivity index is 0.000000196. The van der Waals surface area contributed by atoms with Gasteiger partial charge in [0.15, 0.2) is 0 Å². The lowest BCUT2D eigenvalue weighted by Gasteiger charge is -2.11. The molecule has 1 aromatic heterocycles. The van der Waals surface area contributed by atoms with E-state index in [9.17, 15) is 0 Å². The lowest BCUT2D eigenvalue weighted by atomic mass is 9.96. The van der Waals surface area contributed by atoms with Gasteiger partial charge in [-0.2, -0.15) is 0 Å². The highest BCUT2D eigenvalue weighted by Crippen LogP contribution is 2.38. The van der Waals surface area contributed by atoms with Gasteiger partial charge in [0.05, 0.1) is 11.0 Å². The third-order valence-corrected chi connectivity index (χ3v) is 9.85. The number of nitrogens with zero attached hydrogens (tertiary/aromatic N) is 1. The summed E-state index contributed by atoms with van der Waals surface area (Å²) in [5.74, 6) is 0. The largest absolute Gasteiger partial charge is 0.309 e. The fourth-order valence-corrected chi connectivity index (χ4v) is 7.32. The van der Waals surface area contributed by atoms with Crippen LogP contribution in [0.2, 0.25) is 0 Å². The minimum absolute atomic E-state index is 1.07. The van der Waals surface area contributed by atoms with Gasteiger partial charge in [-0.05, 0) is 93.2 Å². The van der Waals surface area contributed by atoms with Gasteiger partial charge in [0, 0.05) is 21.8 Å². The second-order valence-corrected chi connectivity index (χ2v) is 13.0. The van der Waals surface area contributed by atoms with Crippen molar-refractivity contribution in [3.8, 4) is 27.9 Å². The molecule has 8 aromatic carbocycles. The number of hydrogen-bond acceptors (Lipinski definition) is 0. The summed E-state index contributed by atoms with van der Waals surface area (Å²) < 4.78 is 2.40. The second kappa shape index (κ2) is 13.8. The summed E-state index contributed by atoms with van der Waals surface area (Å²) in [6.07, 6.45) is 4.08. The summed E-state index contributed by atoms with van der Waals surface area (Å²) >= 11 is 0. The molecule has 1 heteroatoms. The molecular weight excluding hydrogens is 615 g/mol. The van der Waals surface area contributed by atoms with Gasteiger partial charge >= 0.3 is 0 Å². The number of allylic oxidation sites excluding steroid dienone is 3. The van der Waals surface area contributed by atoms with E-state index in [4.69, 9.17) is 0 Å². The molecule has 9 rings (SSSR count). The maximum Gasteiger partial charge on any atom is 0.0619 e. The van der Waals surface area contributed by atoms with E-state index in [0.717, 1.165) is 5.57 Å². The van der Waals surface area contributed by atoms with Crippen molar-refractivity contribution >= 4 is 48.9 Å². The number of aryl methyl sites for hydroxylation is 1. The zero-order chi connectivity index (χ0) is 34.7. The van der Waals surface area contributed by atoms with Crippen LogP contribution in [-0.4, -0.2) is 4.57 Å². The van der Waals surface area contributed by atoms with E-state index in [1.54, 1.807) is 0 Å². The molecule has 0 aliphatic carbocycles. The SMILES string of the molecule is C=C(/C=C\C)c1ccc(C)c2ccccc12.c1ccc(-c2ccc(-c3ccc4c(ccc5c6ccccc6n(-c6ccccc6)c45)c3)cc2)cc1. The minimum atomic E-state index is 1.07. The highest BCUT2D eigenvalue weighted by Gasteiger charge is 2.15. The molecule has 244 valence electrons. The molecule has 0 aliphatic heterocycles. The van der Waals surface area contributed by atoms with Gasteiger partial charge in [-0.25, -0.2) is 0 Å². The predicted octanol–water partition coefficient (Wildman–Crippen LogP) is 14.0. The summed E-state index contributed by atoms with van der Waals surface area (Å²) in [6.45, 7) is 8.27. The van der Waals surface area contributed by atoms with Gasteiger partial charge in [-0.3, -0.25) is 0 Å². The van der Waals surface area contributed by atoms with Crippen molar-refractivity contribution in [2.45, 2.75) is 13.8 Å².